The van der Waals surface area contributed by atoms with Gasteiger partial charge in [0.2, 0.25) is 6.29 Å². The molecule has 0 heterocycles. The Morgan fingerprint density at radius 1 is 1.13 bits per heavy atom. The van der Waals surface area contributed by atoms with E-state index in [1.165, 1.54) is 6.92 Å². The first-order chi connectivity index (χ1) is 10.6. The molecule has 9 heteroatoms. The molecule has 0 aromatic rings. The first-order valence-electron chi connectivity index (χ1n) is 7.57. The van der Waals surface area contributed by atoms with Crippen molar-refractivity contribution in [3.8, 4) is 0 Å². The number of amides is 1. The third kappa shape index (κ3) is 11.9. The Balaban J connectivity index is 3.96. The Hall–Kier alpha value is -1.27. The third-order valence-electron chi connectivity index (χ3n) is 3.03. The highest BCUT2D eigenvalue weighted by Crippen LogP contribution is 2.21. The van der Waals surface area contributed by atoms with Gasteiger partial charge in [-0.25, -0.2) is 9.18 Å². The summed E-state index contributed by atoms with van der Waals surface area (Å²) in [6.45, 7) is 6.49. The van der Waals surface area contributed by atoms with Crippen molar-refractivity contribution in [1.29, 1.82) is 0 Å². The van der Waals surface area contributed by atoms with Gasteiger partial charge in [-0.3, -0.25) is 10.1 Å². The summed E-state index contributed by atoms with van der Waals surface area (Å²) in [6, 6.07) is 0. The van der Waals surface area contributed by atoms with Crippen LogP contribution < -0.4 is 5.32 Å². The molecule has 0 fully saturated rings. The first kappa shape index (κ1) is 21.7. The normalized spacial score (nSPS) is 15.5. The zero-order valence-corrected chi connectivity index (χ0v) is 14.8. The minimum atomic E-state index is -2.17. The van der Waals surface area contributed by atoms with Crippen LogP contribution in [0.3, 0.4) is 0 Å². The quantitative estimate of drug-likeness (QED) is 0.270. The number of hydrogen-bond donors (Lipinski definition) is 2. The molecule has 0 aromatic carbocycles. The lowest BCUT2D eigenvalue weighted by atomic mass is 10.0. The van der Waals surface area contributed by atoms with Crippen molar-refractivity contribution in [2.24, 2.45) is 11.8 Å². The fourth-order valence-electron chi connectivity index (χ4n) is 1.61. The monoisotopic (exact) mass is 354 g/mol. The van der Waals surface area contributed by atoms with Gasteiger partial charge in [-0.2, -0.15) is 4.89 Å². The van der Waals surface area contributed by atoms with Crippen LogP contribution in [0.4, 0.5) is 9.18 Å². The summed E-state index contributed by atoms with van der Waals surface area (Å²) in [6.07, 6.45) is -2.47. The van der Waals surface area contributed by atoms with Gasteiger partial charge in [0.15, 0.2) is 12.5 Å². The third-order valence-corrected chi connectivity index (χ3v) is 3.67. The van der Waals surface area contributed by atoms with E-state index in [2.05, 4.69) is 0 Å². The van der Waals surface area contributed by atoms with E-state index >= 15 is 0 Å². The minimum Gasteiger partial charge on any atom is -0.425 e. The Labute approximate surface area is 136 Å². The lowest BCUT2D eigenvalue weighted by Crippen LogP contribution is -2.35. The van der Waals surface area contributed by atoms with E-state index in [0.717, 1.165) is 0 Å². The number of alkyl carbamates (subject to hydrolysis) is 1. The van der Waals surface area contributed by atoms with E-state index in [9.17, 15) is 18.5 Å². The minimum absolute atomic E-state index is 0.0681. The van der Waals surface area contributed by atoms with Crippen LogP contribution >= 0.6 is 8.03 Å². The maximum absolute atomic E-state index is 13.6. The molecule has 0 saturated heterocycles. The lowest BCUT2D eigenvalue weighted by Gasteiger charge is -2.17. The molecule has 134 valence electrons. The molecule has 0 spiro atoms. The summed E-state index contributed by atoms with van der Waals surface area (Å²) in [5.74, 6) is -0.796. The van der Waals surface area contributed by atoms with Gasteiger partial charge < -0.3 is 9.47 Å². The summed E-state index contributed by atoms with van der Waals surface area (Å²) in [7, 11) is -2.17. The fourth-order valence-corrected chi connectivity index (χ4v) is 2.28. The Morgan fingerprint density at radius 3 is 2.26 bits per heavy atom. The lowest BCUT2D eigenvalue weighted by molar-refractivity contribution is -0.168. The number of ether oxygens (including phenoxy) is 2. The number of alkyl halides is 1. The van der Waals surface area contributed by atoms with Crippen molar-refractivity contribution >= 4 is 20.1 Å². The predicted molar refractivity (Wildman–Crippen MR) is 82.6 cm³/mol. The molecule has 2 N–H and O–H groups in total. The van der Waals surface area contributed by atoms with E-state index in [-0.39, 0.29) is 24.4 Å². The van der Waals surface area contributed by atoms with Gasteiger partial charge in [-0.15, -0.1) is 0 Å². The first-order valence-corrected chi connectivity index (χ1v) is 8.96. The van der Waals surface area contributed by atoms with Crippen molar-refractivity contribution in [2.75, 3.05) is 6.16 Å². The highest BCUT2D eigenvalue weighted by atomic mass is 31.1. The number of rotatable bonds is 10. The molecule has 0 aliphatic rings. The van der Waals surface area contributed by atoms with Crippen molar-refractivity contribution < 1.29 is 32.9 Å². The molecule has 0 rings (SSSR count). The van der Waals surface area contributed by atoms with E-state index in [4.69, 9.17) is 14.4 Å². The van der Waals surface area contributed by atoms with Crippen LogP contribution in [-0.2, 0) is 18.8 Å². The molecule has 1 amide bonds. The second kappa shape index (κ2) is 11.3. The van der Waals surface area contributed by atoms with Crippen molar-refractivity contribution in [2.45, 2.75) is 59.5 Å². The van der Waals surface area contributed by atoms with Crippen molar-refractivity contribution in [3.63, 3.8) is 0 Å². The fraction of sp³-hybridized carbons (Fsp3) is 0.857. The second-order valence-corrected chi connectivity index (χ2v) is 6.87. The number of hydrogen-bond acceptors (Lipinski definition) is 5. The molecule has 0 aromatic heterocycles. The maximum Gasteiger partial charge on any atom is 0.505 e. The standard InChI is InChI=1S/C14H25FNO6P/c1-9(2)13(17)21-11(4)22-14(18)16-12(15)6-5-10(3)7-8-23(19)20/h9-12H,5-8H2,1-4H3,(H-,16,18,19,20)/p+1. The predicted octanol–water partition coefficient (Wildman–Crippen LogP) is 3.09. The number of nitrogens with one attached hydrogen (secondary N) is 1. The Kier molecular flexibility index (Phi) is 10.7. The molecule has 4 atom stereocenters. The molecular formula is C14H26FNO6P+. The van der Waals surface area contributed by atoms with E-state index in [1.807, 2.05) is 12.2 Å². The maximum atomic E-state index is 13.6. The zero-order valence-electron chi connectivity index (χ0n) is 14.0. The molecule has 0 bridgehead atoms. The summed E-state index contributed by atoms with van der Waals surface area (Å²) in [5, 5.41) is 2.01. The van der Waals surface area contributed by atoms with Crippen LogP contribution in [-0.4, -0.2) is 35.7 Å². The van der Waals surface area contributed by atoms with Gasteiger partial charge in [0.25, 0.3) is 0 Å². The SMILES string of the molecule is CC(CCC(F)NC(=O)OC(C)OC(=O)C(C)C)CC[P+](=O)O. The Morgan fingerprint density at radius 2 is 1.74 bits per heavy atom. The van der Waals surface area contributed by atoms with Gasteiger partial charge >= 0.3 is 20.1 Å². The molecule has 0 aliphatic carbocycles. The van der Waals surface area contributed by atoms with E-state index in [1.54, 1.807) is 13.8 Å². The molecule has 4 unspecified atom stereocenters. The number of carbonyl (C=O) groups is 2. The highest BCUT2D eigenvalue weighted by molar-refractivity contribution is 7.37. The van der Waals surface area contributed by atoms with Crippen LogP contribution in [0, 0.1) is 11.8 Å². The summed E-state index contributed by atoms with van der Waals surface area (Å²) in [4.78, 5) is 31.4. The summed E-state index contributed by atoms with van der Waals surface area (Å²) < 4.78 is 33.7. The van der Waals surface area contributed by atoms with Crippen LogP contribution in [0.25, 0.3) is 0 Å². The number of carbonyl (C=O) groups excluding carboxylic acids is 2. The number of esters is 1. The molecule has 0 aliphatic heterocycles. The Bertz CT molecular complexity index is 407. The van der Waals surface area contributed by atoms with Crippen LogP contribution in [0.1, 0.15) is 47.0 Å². The zero-order chi connectivity index (χ0) is 18.0. The highest BCUT2D eigenvalue weighted by Gasteiger charge is 2.20. The van der Waals surface area contributed by atoms with E-state index in [0.29, 0.717) is 12.8 Å². The van der Waals surface area contributed by atoms with E-state index < -0.39 is 32.7 Å². The van der Waals surface area contributed by atoms with Gasteiger partial charge in [0, 0.05) is 6.92 Å². The van der Waals surface area contributed by atoms with Crippen molar-refractivity contribution in [1.82, 2.24) is 5.32 Å². The van der Waals surface area contributed by atoms with Gasteiger partial charge in [-0.1, -0.05) is 20.8 Å². The smallest absolute Gasteiger partial charge is 0.425 e. The average Bonchev–Trinajstić information content (AvgIpc) is 2.42. The van der Waals surface area contributed by atoms with Crippen LogP contribution in [0.15, 0.2) is 0 Å². The molecule has 0 saturated carbocycles. The van der Waals surface area contributed by atoms with Crippen LogP contribution in [0.5, 0.6) is 0 Å². The topological polar surface area (TPSA) is 102 Å². The second-order valence-electron chi connectivity index (χ2n) is 5.72. The molecule has 23 heavy (non-hydrogen) atoms. The van der Waals surface area contributed by atoms with Gasteiger partial charge in [0.1, 0.15) is 0 Å². The van der Waals surface area contributed by atoms with Crippen LogP contribution in [0.2, 0.25) is 0 Å². The van der Waals surface area contributed by atoms with Gasteiger partial charge in [0.05, 0.1) is 5.92 Å². The van der Waals surface area contributed by atoms with Crippen molar-refractivity contribution in [3.05, 3.63) is 0 Å². The molecule has 0 radical (unpaired) electrons. The summed E-state index contributed by atoms with van der Waals surface area (Å²) >= 11 is 0. The van der Waals surface area contributed by atoms with Gasteiger partial charge in [-0.05, 0) is 29.7 Å². The average molecular weight is 354 g/mol. The molecule has 7 nitrogen and oxygen atoms in total. The largest absolute Gasteiger partial charge is 0.505 e. The molecular weight excluding hydrogens is 328 g/mol. The summed E-state index contributed by atoms with van der Waals surface area (Å²) in [5.41, 5.74) is 0. The number of halogens is 1.